The van der Waals surface area contributed by atoms with Crippen LogP contribution in [-0.2, 0) is 0 Å². The van der Waals surface area contributed by atoms with Gasteiger partial charge in [0.15, 0.2) is 0 Å². The lowest BCUT2D eigenvalue weighted by Gasteiger charge is -2.26. The SMILES string of the molecule is c1ccc(-c2ccc(N(c3ccc(-c4ccccc4)cc3)c3ccc(-c4cc5sc6ccccc6c5cc4-c4ccc5c(c4)oc4ccccc45)cc3)cc2)cc1. The topological polar surface area (TPSA) is 16.4 Å². The lowest BCUT2D eigenvalue weighted by atomic mass is 9.92. The molecular weight excluding hydrogens is 711 g/mol. The number of para-hydroxylation sites is 1. The third-order valence-electron chi connectivity index (χ3n) is 11.1. The van der Waals surface area contributed by atoms with Crippen molar-refractivity contribution < 1.29 is 4.42 Å². The molecule has 0 saturated carbocycles. The Bertz CT molecular complexity index is 3110. The Hall–Kier alpha value is -7.20. The smallest absolute Gasteiger partial charge is 0.136 e. The number of nitrogens with zero attached hydrogens (tertiary/aromatic N) is 1. The fourth-order valence-corrected chi connectivity index (χ4v) is 9.37. The average Bonchev–Trinajstić information content (AvgIpc) is 3.85. The minimum absolute atomic E-state index is 0.900. The zero-order valence-corrected chi connectivity index (χ0v) is 31.8. The predicted octanol–water partition coefficient (Wildman–Crippen LogP) is 16.1. The van der Waals surface area contributed by atoms with E-state index in [2.05, 4.69) is 205 Å². The minimum Gasteiger partial charge on any atom is -0.456 e. The summed E-state index contributed by atoms with van der Waals surface area (Å²) in [5, 5.41) is 4.84. The Morgan fingerprint density at radius 3 is 1.40 bits per heavy atom. The molecule has 2 heterocycles. The summed E-state index contributed by atoms with van der Waals surface area (Å²) < 4.78 is 8.97. The summed E-state index contributed by atoms with van der Waals surface area (Å²) >= 11 is 1.85. The number of rotatable bonds is 7. The molecule has 0 bridgehead atoms. The Labute approximate surface area is 335 Å². The van der Waals surface area contributed by atoms with E-state index in [0.717, 1.165) is 50.1 Å². The van der Waals surface area contributed by atoms with Gasteiger partial charge in [0.1, 0.15) is 11.2 Å². The van der Waals surface area contributed by atoms with Crippen LogP contribution in [0.3, 0.4) is 0 Å². The van der Waals surface area contributed by atoms with Crippen molar-refractivity contribution in [2.24, 2.45) is 0 Å². The van der Waals surface area contributed by atoms with Crippen LogP contribution in [0.15, 0.2) is 217 Å². The number of hydrogen-bond acceptors (Lipinski definition) is 3. The maximum absolute atomic E-state index is 6.39. The first-order valence-electron chi connectivity index (χ1n) is 19.3. The van der Waals surface area contributed by atoms with Crippen LogP contribution in [0.2, 0.25) is 0 Å². The van der Waals surface area contributed by atoms with Crippen LogP contribution in [0.1, 0.15) is 0 Å². The fraction of sp³-hybridized carbons (Fsp3) is 0. The van der Waals surface area contributed by atoms with Crippen molar-refractivity contribution >= 4 is 70.5 Å². The number of thiophene rings is 1. The van der Waals surface area contributed by atoms with Crippen LogP contribution in [0.4, 0.5) is 17.1 Å². The third kappa shape index (κ3) is 5.97. The van der Waals surface area contributed by atoms with Gasteiger partial charge in [-0.3, -0.25) is 0 Å². The van der Waals surface area contributed by atoms with E-state index in [0.29, 0.717) is 0 Å². The maximum Gasteiger partial charge on any atom is 0.136 e. The average molecular weight is 746 g/mol. The van der Waals surface area contributed by atoms with Crippen LogP contribution in [0.25, 0.3) is 86.6 Å². The molecule has 2 aromatic heterocycles. The van der Waals surface area contributed by atoms with Gasteiger partial charge in [0.05, 0.1) is 0 Å². The standard InChI is InChI=1S/C54H35NOS/c1-3-11-36(12-4-1)38-19-26-42(27-20-38)55(43-28-21-39(22-29-43)37-13-5-2-6-14-37)44-30-23-40(24-31-44)49-35-54-50(47-16-8-10-18-53(47)57-54)34-48(49)41-25-32-46-45-15-7-9-17-51(45)56-52(46)33-41/h1-35H. The van der Waals surface area contributed by atoms with Gasteiger partial charge in [-0.05, 0) is 117 Å². The van der Waals surface area contributed by atoms with Crippen LogP contribution >= 0.6 is 11.3 Å². The molecule has 0 spiro atoms. The van der Waals surface area contributed by atoms with Crippen LogP contribution in [0, 0.1) is 0 Å². The molecule has 11 aromatic rings. The molecule has 9 aromatic carbocycles. The quantitative estimate of drug-likeness (QED) is 0.162. The van der Waals surface area contributed by atoms with Gasteiger partial charge in [-0.2, -0.15) is 0 Å². The first-order chi connectivity index (χ1) is 28.2. The Morgan fingerprint density at radius 1 is 0.298 bits per heavy atom. The van der Waals surface area contributed by atoms with E-state index in [1.54, 1.807) is 0 Å². The van der Waals surface area contributed by atoms with Crippen LogP contribution in [-0.4, -0.2) is 0 Å². The second-order valence-corrected chi connectivity index (χ2v) is 15.6. The highest BCUT2D eigenvalue weighted by molar-refractivity contribution is 7.25. The highest BCUT2D eigenvalue weighted by atomic mass is 32.1. The van der Waals surface area contributed by atoms with E-state index in [4.69, 9.17) is 4.42 Å². The second kappa shape index (κ2) is 13.8. The molecule has 0 aliphatic heterocycles. The van der Waals surface area contributed by atoms with Crippen molar-refractivity contribution in [3.05, 3.63) is 212 Å². The number of fused-ring (bicyclic) bond motifs is 6. The lowest BCUT2D eigenvalue weighted by Crippen LogP contribution is -2.09. The van der Waals surface area contributed by atoms with Crippen LogP contribution in [0.5, 0.6) is 0 Å². The molecule has 0 amide bonds. The molecule has 11 rings (SSSR count). The Morgan fingerprint density at radius 2 is 0.772 bits per heavy atom. The monoisotopic (exact) mass is 745 g/mol. The summed E-state index contributed by atoms with van der Waals surface area (Å²) in [6.07, 6.45) is 0. The van der Waals surface area contributed by atoms with Crippen molar-refractivity contribution in [2.75, 3.05) is 4.90 Å². The van der Waals surface area contributed by atoms with E-state index in [9.17, 15) is 0 Å². The van der Waals surface area contributed by atoms with Crippen molar-refractivity contribution in [3.8, 4) is 44.5 Å². The molecule has 268 valence electrons. The predicted molar refractivity (Wildman–Crippen MR) is 243 cm³/mol. The van der Waals surface area contributed by atoms with Gasteiger partial charge in [0.25, 0.3) is 0 Å². The molecule has 0 atom stereocenters. The van der Waals surface area contributed by atoms with E-state index < -0.39 is 0 Å². The molecule has 2 nitrogen and oxygen atoms in total. The van der Waals surface area contributed by atoms with Gasteiger partial charge in [0, 0.05) is 48.0 Å². The van der Waals surface area contributed by atoms with E-state index in [1.165, 1.54) is 53.6 Å². The molecule has 3 heteroatoms. The molecule has 0 aliphatic rings. The highest BCUT2D eigenvalue weighted by Gasteiger charge is 2.18. The van der Waals surface area contributed by atoms with E-state index in [-0.39, 0.29) is 0 Å². The number of benzene rings is 9. The molecule has 0 radical (unpaired) electrons. The molecule has 0 N–H and O–H groups in total. The van der Waals surface area contributed by atoms with Gasteiger partial charge in [0.2, 0.25) is 0 Å². The Balaban J connectivity index is 1.03. The fourth-order valence-electron chi connectivity index (χ4n) is 8.25. The number of furan rings is 1. The summed E-state index contributed by atoms with van der Waals surface area (Å²) in [6.45, 7) is 0. The van der Waals surface area contributed by atoms with Crippen LogP contribution < -0.4 is 4.90 Å². The highest BCUT2D eigenvalue weighted by Crippen LogP contribution is 2.44. The van der Waals surface area contributed by atoms with Crippen molar-refractivity contribution in [3.63, 3.8) is 0 Å². The molecule has 0 aliphatic carbocycles. The third-order valence-corrected chi connectivity index (χ3v) is 12.2. The van der Waals surface area contributed by atoms with Gasteiger partial charge in [-0.15, -0.1) is 11.3 Å². The Kier molecular flexibility index (Phi) is 8.04. The first kappa shape index (κ1) is 33.2. The molecular formula is C54H35NOS. The van der Waals surface area contributed by atoms with Gasteiger partial charge < -0.3 is 9.32 Å². The largest absolute Gasteiger partial charge is 0.456 e. The summed E-state index contributed by atoms with van der Waals surface area (Å²) in [4.78, 5) is 2.35. The molecule has 0 unspecified atom stereocenters. The van der Waals surface area contributed by atoms with E-state index in [1.807, 2.05) is 23.5 Å². The normalized spacial score (nSPS) is 11.5. The zero-order valence-electron chi connectivity index (χ0n) is 31.0. The molecule has 0 saturated heterocycles. The second-order valence-electron chi connectivity index (χ2n) is 14.5. The summed E-state index contributed by atoms with van der Waals surface area (Å²) in [5.41, 5.74) is 14.6. The van der Waals surface area contributed by atoms with Gasteiger partial charge >= 0.3 is 0 Å². The maximum atomic E-state index is 6.39. The van der Waals surface area contributed by atoms with Gasteiger partial charge in [-0.25, -0.2) is 0 Å². The van der Waals surface area contributed by atoms with Crippen molar-refractivity contribution in [1.82, 2.24) is 0 Å². The zero-order chi connectivity index (χ0) is 37.7. The first-order valence-corrected chi connectivity index (χ1v) is 20.1. The minimum atomic E-state index is 0.900. The number of anilines is 3. The molecule has 0 fully saturated rings. The number of hydrogen-bond donors (Lipinski definition) is 0. The molecule has 57 heavy (non-hydrogen) atoms. The summed E-state index contributed by atoms with van der Waals surface area (Å²) in [7, 11) is 0. The van der Waals surface area contributed by atoms with E-state index >= 15 is 0 Å². The summed E-state index contributed by atoms with van der Waals surface area (Å²) in [6, 6.07) is 76.4. The summed E-state index contributed by atoms with van der Waals surface area (Å²) in [5.74, 6) is 0. The van der Waals surface area contributed by atoms with Crippen molar-refractivity contribution in [2.45, 2.75) is 0 Å². The van der Waals surface area contributed by atoms with Crippen molar-refractivity contribution in [1.29, 1.82) is 0 Å². The van der Waals surface area contributed by atoms with Gasteiger partial charge in [-0.1, -0.05) is 140 Å². The lowest BCUT2D eigenvalue weighted by molar-refractivity contribution is 0.669.